The Morgan fingerprint density at radius 2 is 2.00 bits per heavy atom. The van der Waals surface area contributed by atoms with Crippen molar-refractivity contribution in [3.05, 3.63) is 38.9 Å². The van der Waals surface area contributed by atoms with E-state index in [1.807, 2.05) is 12.3 Å². The van der Waals surface area contributed by atoms with Gasteiger partial charge in [0, 0.05) is 40.3 Å². The largest absolute Gasteiger partial charge is 0.451 e. The second kappa shape index (κ2) is 7.59. The Labute approximate surface area is 182 Å². The molecule has 5 rings (SSSR count). The summed E-state index contributed by atoms with van der Waals surface area (Å²) in [4.78, 5) is 9.56. The van der Waals surface area contributed by atoms with Crippen molar-refractivity contribution in [2.24, 2.45) is 0 Å². The van der Waals surface area contributed by atoms with E-state index in [0.29, 0.717) is 12.1 Å². The van der Waals surface area contributed by atoms with Gasteiger partial charge in [0.1, 0.15) is 0 Å². The van der Waals surface area contributed by atoms with E-state index in [1.54, 1.807) is 0 Å². The third kappa shape index (κ3) is 3.47. The highest BCUT2D eigenvalue weighted by Crippen LogP contribution is 2.48. The number of likely N-dealkylation sites (tertiary alicyclic amines) is 1. The van der Waals surface area contributed by atoms with E-state index in [1.165, 1.54) is 18.4 Å². The van der Waals surface area contributed by atoms with Crippen LogP contribution in [0.5, 0.6) is 11.5 Å². The first-order valence-corrected chi connectivity index (χ1v) is 11.4. The van der Waals surface area contributed by atoms with E-state index in [0.717, 1.165) is 64.6 Å². The summed E-state index contributed by atoms with van der Waals surface area (Å²) < 4.78 is 13.9. The van der Waals surface area contributed by atoms with Gasteiger partial charge in [0.25, 0.3) is 0 Å². The van der Waals surface area contributed by atoms with E-state index in [9.17, 15) is 0 Å². The average Bonchev–Trinajstić information content (AvgIpc) is 3.29. The third-order valence-corrected chi connectivity index (χ3v) is 7.19. The van der Waals surface area contributed by atoms with Crippen molar-refractivity contribution in [1.29, 1.82) is 0 Å². The first-order valence-electron chi connectivity index (χ1n) is 9.85. The Kier molecular flexibility index (Phi) is 5.11. The SMILES string of the molecule is Cc1cc2c(cc1Br)Oc1cc(Br)cnc1N2CCCCN1C[C@@H]2C[C@H]1CO2. The molecule has 2 fully saturated rings. The molecule has 0 unspecified atom stereocenters. The predicted octanol–water partition coefficient (Wildman–Crippen LogP) is 5.41. The molecule has 0 radical (unpaired) electrons. The van der Waals surface area contributed by atoms with Crippen LogP contribution in [0.4, 0.5) is 11.5 Å². The number of halogens is 2. The maximum Gasteiger partial charge on any atom is 0.176 e. The highest BCUT2D eigenvalue weighted by atomic mass is 79.9. The lowest BCUT2D eigenvalue weighted by atomic mass is 10.1. The van der Waals surface area contributed by atoms with Crippen molar-refractivity contribution < 1.29 is 9.47 Å². The zero-order valence-corrected chi connectivity index (χ0v) is 19.0. The number of pyridine rings is 1. The second-order valence-electron chi connectivity index (χ2n) is 7.85. The number of aromatic nitrogens is 1. The lowest BCUT2D eigenvalue weighted by Crippen LogP contribution is -2.37. The minimum absolute atomic E-state index is 0.479. The lowest BCUT2D eigenvalue weighted by Gasteiger charge is -2.32. The number of benzene rings is 1. The first-order chi connectivity index (χ1) is 13.6. The van der Waals surface area contributed by atoms with E-state index in [2.05, 4.69) is 65.7 Å². The molecule has 2 aromatic rings. The maximum absolute atomic E-state index is 6.16. The van der Waals surface area contributed by atoms with Gasteiger partial charge in [-0.2, -0.15) is 0 Å². The molecule has 0 saturated carbocycles. The molecule has 0 aliphatic carbocycles. The number of hydrogen-bond acceptors (Lipinski definition) is 5. The zero-order valence-electron chi connectivity index (χ0n) is 15.8. The summed E-state index contributed by atoms with van der Waals surface area (Å²) >= 11 is 7.13. The summed E-state index contributed by atoms with van der Waals surface area (Å²) in [5.41, 5.74) is 2.29. The second-order valence-corrected chi connectivity index (χ2v) is 9.62. The van der Waals surface area contributed by atoms with Crippen LogP contribution in [0.3, 0.4) is 0 Å². The minimum atomic E-state index is 0.479. The molecule has 4 heterocycles. The number of morpholine rings is 1. The summed E-state index contributed by atoms with van der Waals surface area (Å²) in [6.45, 7) is 6.22. The molecule has 2 atom stereocenters. The van der Waals surface area contributed by atoms with Crippen molar-refractivity contribution in [2.45, 2.75) is 38.3 Å². The molecule has 5 nitrogen and oxygen atoms in total. The molecule has 2 saturated heterocycles. The molecule has 3 aliphatic rings. The smallest absolute Gasteiger partial charge is 0.176 e. The number of rotatable bonds is 5. The highest BCUT2D eigenvalue weighted by molar-refractivity contribution is 9.10. The Balaban J connectivity index is 1.32. The van der Waals surface area contributed by atoms with Crippen LogP contribution in [0.2, 0.25) is 0 Å². The van der Waals surface area contributed by atoms with Gasteiger partial charge >= 0.3 is 0 Å². The number of fused-ring (bicyclic) bond motifs is 4. The van der Waals surface area contributed by atoms with Gasteiger partial charge in [0.05, 0.1) is 18.4 Å². The molecule has 148 valence electrons. The molecule has 0 N–H and O–H groups in total. The van der Waals surface area contributed by atoms with E-state index < -0.39 is 0 Å². The van der Waals surface area contributed by atoms with Gasteiger partial charge in [-0.05, 0) is 66.4 Å². The summed E-state index contributed by atoms with van der Waals surface area (Å²) in [6, 6.07) is 6.88. The Morgan fingerprint density at radius 3 is 2.79 bits per heavy atom. The standard InChI is InChI=1S/C21H23Br2N3O2/c1-13-6-18-19(9-17(13)23)28-20-7-14(22)10-24-21(20)26(18)5-3-2-4-25-11-16-8-15(25)12-27-16/h6-7,9-10,15-16H,2-5,8,11-12H2,1H3/t15-,16-/m0/s1. The number of nitrogens with zero attached hydrogens (tertiary/aromatic N) is 3. The van der Waals surface area contributed by atoms with Crippen LogP contribution >= 0.6 is 31.9 Å². The molecule has 3 aliphatic heterocycles. The van der Waals surface area contributed by atoms with Gasteiger partial charge in [0.15, 0.2) is 17.3 Å². The van der Waals surface area contributed by atoms with Crippen LogP contribution in [-0.2, 0) is 4.74 Å². The van der Waals surface area contributed by atoms with Crippen molar-refractivity contribution in [1.82, 2.24) is 9.88 Å². The molecule has 7 heteroatoms. The van der Waals surface area contributed by atoms with Crippen LogP contribution in [0, 0.1) is 6.92 Å². The Hall–Kier alpha value is -1.15. The molecule has 0 amide bonds. The monoisotopic (exact) mass is 507 g/mol. The molecule has 28 heavy (non-hydrogen) atoms. The van der Waals surface area contributed by atoms with Crippen LogP contribution in [-0.4, -0.2) is 48.3 Å². The minimum Gasteiger partial charge on any atom is -0.451 e. The van der Waals surface area contributed by atoms with Crippen LogP contribution in [0.15, 0.2) is 33.3 Å². The van der Waals surface area contributed by atoms with Crippen LogP contribution in [0.25, 0.3) is 0 Å². The predicted molar refractivity (Wildman–Crippen MR) is 117 cm³/mol. The van der Waals surface area contributed by atoms with Crippen molar-refractivity contribution in [2.75, 3.05) is 31.1 Å². The van der Waals surface area contributed by atoms with Gasteiger partial charge in [-0.3, -0.25) is 4.90 Å². The fourth-order valence-electron chi connectivity index (χ4n) is 4.43. The number of ether oxygens (including phenoxy) is 2. The molecular formula is C21H23Br2N3O2. The van der Waals surface area contributed by atoms with E-state index >= 15 is 0 Å². The lowest BCUT2D eigenvalue weighted by molar-refractivity contribution is 0.0301. The number of hydrogen-bond donors (Lipinski definition) is 0. The first kappa shape index (κ1) is 18.9. The molecule has 0 spiro atoms. The third-order valence-electron chi connectivity index (χ3n) is 5.90. The summed E-state index contributed by atoms with van der Waals surface area (Å²) in [5, 5.41) is 0. The van der Waals surface area contributed by atoms with E-state index in [4.69, 9.17) is 9.47 Å². The molecule has 2 bridgehead atoms. The number of anilines is 2. The number of unbranched alkanes of at least 4 members (excludes halogenated alkanes) is 1. The molecular weight excluding hydrogens is 486 g/mol. The zero-order chi connectivity index (χ0) is 19.3. The highest BCUT2D eigenvalue weighted by Gasteiger charge is 2.38. The summed E-state index contributed by atoms with van der Waals surface area (Å²) in [5.74, 6) is 2.57. The van der Waals surface area contributed by atoms with Gasteiger partial charge in [0.2, 0.25) is 0 Å². The topological polar surface area (TPSA) is 37.8 Å². The van der Waals surface area contributed by atoms with Gasteiger partial charge < -0.3 is 14.4 Å². The number of aryl methyl sites for hydroxylation is 1. The van der Waals surface area contributed by atoms with Crippen molar-refractivity contribution >= 4 is 43.4 Å². The average molecular weight is 509 g/mol. The maximum atomic E-state index is 6.16. The normalized spacial score (nSPS) is 22.9. The van der Waals surface area contributed by atoms with Crippen LogP contribution in [0.1, 0.15) is 24.8 Å². The Bertz CT molecular complexity index is 907. The van der Waals surface area contributed by atoms with Gasteiger partial charge in [-0.25, -0.2) is 4.98 Å². The summed E-state index contributed by atoms with van der Waals surface area (Å²) in [6.07, 6.45) is 5.83. The van der Waals surface area contributed by atoms with Gasteiger partial charge in [-0.1, -0.05) is 15.9 Å². The van der Waals surface area contributed by atoms with Crippen molar-refractivity contribution in [3.8, 4) is 11.5 Å². The fourth-order valence-corrected chi connectivity index (χ4v) is 5.06. The summed E-state index contributed by atoms with van der Waals surface area (Å²) in [7, 11) is 0. The fraction of sp³-hybridized carbons (Fsp3) is 0.476. The molecule has 1 aromatic carbocycles. The van der Waals surface area contributed by atoms with E-state index in [-0.39, 0.29) is 0 Å². The molecule has 1 aromatic heterocycles. The van der Waals surface area contributed by atoms with Crippen molar-refractivity contribution in [3.63, 3.8) is 0 Å². The Morgan fingerprint density at radius 1 is 1.14 bits per heavy atom. The quantitative estimate of drug-likeness (QED) is 0.504. The van der Waals surface area contributed by atoms with Gasteiger partial charge in [-0.15, -0.1) is 0 Å². The van der Waals surface area contributed by atoms with Crippen LogP contribution < -0.4 is 9.64 Å².